The summed E-state index contributed by atoms with van der Waals surface area (Å²) >= 11 is 0. The maximum atomic E-state index is 12.9. The highest BCUT2D eigenvalue weighted by atomic mass is 32.2. The maximum absolute atomic E-state index is 12.9. The first-order valence-corrected chi connectivity index (χ1v) is 10.2. The number of carbonyl (C=O) groups excluding carboxylic acids is 1. The van der Waals surface area contributed by atoms with Crippen LogP contribution in [0.2, 0.25) is 0 Å². The van der Waals surface area contributed by atoms with Crippen molar-refractivity contribution in [3.05, 3.63) is 41.3 Å². The highest BCUT2D eigenvalue weighted by Gasteiger charge is 2.33. The number of anilines is 2. The number of benzene rings is 1. The predicted molar refractivity (Wildman–Crippen MR) is 99.3 cm³/mol. The lowest BCUT2D eigenvalue weighted by atomic mass is 10.1. The van der Waals surface area contributed by atoms with Gasteiger partial charge in [0.15, 0.2) is 5.69 Å². The van der Waals surface area contributed by atoms with E-state index in [0.717, 1.165) is 22.7 Å². The molecular weight excluding hydrogens is 429 g/mol. The Morgan fingerprint density at radius 3 is 2.73 bits per heavy atom. The average Bonchev–Trinajstić information content (AvgIpc) is 3.11. The van der Waals surface area contributed by atoms with Crippen LogP contribution >= 0.6 is 0 Å². The molecule has 1 saturated heterocycles. The number of carbonyl (C=O) groups is 1. The number of morpholine rings is 1. The number of hydrogen-bond acceptors (Lipinski definition) is 7. The topological polar surface area (TPSA) is 114 Å². The van der Waals surface area contributed by atoms with Crippen LogP contribution in [0.15, 0.2) is 28.9 Å². The average molecular weight is 448 g/mol. The van der Waals surface area contributed by atoms with Crippen LogP contribution < -0.4 is 10.0 Å². The summed E-state index contributed by atoms with van der Waals surface area (Å²) in [6.07, 6.45) is -3.63. The number of aryl methyl sites for hydroxylation is 1. The SMILES string of the molecule is Cc1ccc(C(F)(F)F)cc1Nc1nc(C(=O)NS(=O)(=O)N2CCOCC2C)co1. The van der Waals surface area contributed by atoms with E-state index in [0.29, 0.717) is 5.56 Å². The van der Waals surface area contributed by atoms with Gasteiger partial charge in [-0.1, -0.05) is 6.07 Å². The van der Waals surface area contributed by atoms with Crippen molar-refractivity contribution in [3.8, 4) is 0 Å². The molecule has 2 aromatic rings. The number of amides is 1. The Morgan fingerprint density at radius 2 is 2.07 bits per heavy atom. The first-order chi connectivity index (χ1) is 14.0. The second-order valence-corrected chi connectivity index (χ2v) is 8.28. The van der Waals surface area contributed by atoms with E-state index in [4.69, 9.17) is 9.15 Å². The van der Waals surface area contributed by atoms with Gasteiger partial charge in [-0.15, -0.1) is 0 Å². The number of alkyl halides is 3. The Morgan fingerprint density at radius 1 is 1.33 bits per heavy atom. The first-order valence-electron chi connectivity index (χ1n) is 8.79. The summed E-state index contributed by atoms with van der Waals surface area (Å²) < 4.78 is 76.7. The van der Waals surface area contributed by atoms with Crippen LogP contribution in [0.25, 0.3) is 0 Å². The van der Waals surface area contributed by atoms with Gasteiger partial charge in [-0.05, 0) is 31.5 Å². The molecule has 2 heterocycles. The van der Waals surface area contributed by atoms with E-state index in [1.807, 2.05) is 4.72 Å². The Kier molecular flexibility index (Phi) is 6.06. The lowest BCUT2D eigenvalue weighted by Crippen LogP contribution is -2.52. The van der Waals surface area contributed by atoms with E-state index < -0.39 is 33.9 Å². The second-order valence-electron chi connectivity index (χ2n) is 6.66. The van der Waals surface area contributed by atoms with Gasteiger partial charge in [0.25, 0.3) is 11.9 Å². The molecule has 9 nitrogen and oxygen atoms in total. The molecule has 3 rings (SSSR count). The summed E-state index contributed by atoms with van der Waals surface area (Å²) in [4.78, 5) is 16.1. The van der Waals surface area contributed by atoms with Crippen molar-refractivity contribution in [2.75, 3.05) is 25.1 Å². The van der Waals surface area contributed by atoms with Gasteiger partial charge < -0.3 is 14.5 Å². The molecule has 1 aliphatic heterocycles. The van der Waals surface area contributed by atoms with Crippen molar-refractivity contribution in [1.29, 1.82) is 0 Å². The number of aromatic nitrogens is 1. The van der Waals surface area contributed by atoms with Gasteiger partial charge in [0, 0.05) is 18.3 Å². The molecular formula is C17H19F3N4O5S. The van der Waals surface area contributed by atoms with Gasteiger partial charge in [-0.25, -0.2) is 4.72 Å². The second kappa shape index (κ2) is 8.24. The van der Waals surface area contributed by atoms with E-state index in [1.165, 1.54) is 6.07 Å². The van der Waals surface area contributed by atoms with E-state index >= 15 is 0 Å². The Labute approximate surface area is 170 Å². The molecule has 0 spiro atoms. The van der Waals surface area contributed by atoms with Crippen molar-refractivity contribution >= 4 is 27.8 Å². The molecule has 0 aliphatic carbocycles. The maximum Gasteiger partial charge on any atom is 0.416 e. The van der Waals surface area contributed by atoms with Crippen molar-refractivity contribution in [2.45, 2.75) is 26.1 Å². The third-order valence-electron chi connectivity index (χ3n) is 4.38. The smallest absolute Gasteiger partial charge is 0.416 e. The van der Waals surface area contributed by atoms with Gasteiger partial charge in [0.1, 0.15) is 6.26 Å². The minimum absolute atomic E-state index is 0.0772. The van der Waals surface area contributed by atoms with E-state index in [-0.39, 0.29) is 37.2 Å². The van der Waals surface area contributed by atoms with E-state index in [9.17, 15) is 26.4 Å². The van der Waals surface area contributed by atoms with E-state index in [1.54, 1.807) is 13.8 Å². The zero-order valence-electron chi connectivity index (χ0n) is 16.0. The number of ether oxygens (including phenoxy) is 1. The number of nitrogens with zero attached hydrogens (tertiary/aromatic N) is 2. The minimum Gasteiger partial charge on any atom is -0.431 e. The van der Waals surface area contributed by atoms with Gasteiger partial charge in [0.2, 0.25) is 0 Å². The van der Waals surface area contributed by atoms with Gasteiger partial charge in [-0.2, -0.15) is 30.9 Å². The highest BCUT2D eigenvalue weighted by molar-refractivity contribution is 7.87. The summed E-state index contributed by atoms with van der Waals surface area (Å²) in [5, 5.41) is 2.56. The lowest BCUT2D eigenvalue weighted by molar-refractivity contribution is -0.137. The summed E-state index contributed by atoms with van der Waals surface area (Å²) in [5.74, 6) is -1.04. The van der Waals surface area contributed by atoms with Crippen LogP contribution in [-0.4, -0.2) is 49.4 Å². The molecule has 1 aliphatic rings. The van der Waals surface area contributed by atoms with Gasteiger partial charge in [0.05, 0.1) is 18.8 Å². The van der Waals surface area contributed by atoms with Crippen LogP contribution in [0.1, 0.15) is 28.5 Å². The Hall–Kier alpha value is -2.64. The molecule has 2 N–H and O–H groups in total. The minimum atomic E-state index is -4.53. The summed E-state index contributed by atoms with van der Waals surface area (Å²) in [5.41, 5.74) is -0.665. The summed E-state index contributed by atoms with van der Waals surface area (Å²) in [6.45, 7) is 3.70. The molecule has 1 fully saturated rings. The quantitative estimate of drug-likeness (QED) is 0.722. The zero-order valence-corrected chi connectivity index (χ0v) is 16.8. The molecule has 164 valence electrons. The highest BCUT2D eigenvalue weighted by Crippen LogP contribution is 2.33. The molecule has 1 unspecified atom stereocenters. The molecule has 0 radical (unpaired) electrons. The molecule has 0 bridgehead atoms. The number of rotatable bonds is 5. The number of oxazole rings is 1. The molecule has 1 atom stereocenters. The largest absolute Gasteiger partial charge is 0.431 e. The standard InChI is InChI=1S/C17H19F3N4O5S/c1-10-3-4-12(17(18,19)20)7-13(10)21-16-22-14(9-29-16)15(25)23-30(26,27)24-5-6-28-8-11(24)2/h3-4,7,9,11H,5-6,8H2,1-2H3,(H,21,22)(H,23,25). The fourth-order valence-corrected chi connectivity index (χ4v) is 4.09. The normalized spacial score (nSPS) is 18.2. The molecule has 1 amide bonds. The van der Waals surface area contributed by atoms with Crippen LogP contribution in [0.5, 0.6) is 0 Å². The predicted octanol–water partition coefficient (Wildman–Crippen LogP) is 2.44. The number of nitrogens with one attached hydrogen (secondary N) is 2. The Bertz CT molecular complexity index is 1040. The van der Waals surface area contributed by atoms with Crippen LogP contribution in [-0.2, 0) is 21.1 Å². The van der Waals surface area contributed by atoms with Crippen molar-refractivity contribution in [3.63, 3.8) is 0 Å². The monoisotopic (exact) mass is 448 g/mol. The third-order valence-corrected chi connectivity index (χ3v) is 5.98. The fraction of sp³-hybridized carbons (Fsp3) is 0.412. The van der Waals surface area contributed by atoms with Crippen LogP contribution in [0.4, 0.5) is 24.9 Å². The zero-order chi connectivity index (χ0) is 22.1. The van der Waals surface area contributed by atoms with Gasteiger partial charge >= 0.3 is 16.4 Å². The summed E-state index contributed by atoms with van der Waals surface area (Å²) in [6, 6.07) is 2.37. The Balaban J connectivity index is 1.73. The van der Waals surface area contributed by atoms with Crippen LogP contribution in [0, 0.1) is 6.92 Å². The third kappa shape index (κ3) is 4.91. The summed E-state index contributed by atoms with van der Waals surface area (Å²) in [7, 11) is -4.13. The van der Waals surface area contributed by atoms with Crippen molar-refractivity contribution < 1.29 is 35.5 Å². The molecule has 30 heavy (non-hydrogen) atoms. The molecule has 0 saturated carbocycles. The fourth-order valence-electron chi connectivity index (χ4n) is 2.78. The molecule has 13 heteroatoms. The van der Waals surface area contributed by atoms with Crippen LogP contribution in [0.3, 0.4) is 0 Å². The van der Waals surface area contributed by atoms with Crippen molar-refractivity contribution in [2.24, 2.45) is 0 Å². The molecule has 1 aromatic carbocycles. The number of hydrogen-bond donors (Lipinski definition) is 2. The van der Waals surface area contributed by atoms with Crippen molar-refractivity contribution in [1.82, 2.24) is 14.0 Å². The number of halogens is 3. The van der Waals surface area contributed by atoms with E-state index in [2.05, 4.69) is 10.3 Å². The molecule has 1 aromatic heterocycles. The van der Waals surface area contributed by atoms with Gasteiger partial charge in [-0.3, -0.25) is 4.79 Å². The lowest BCUT2D eigenvalue weighted by Gasteiger charge is -2.31. The first kappa shape index (κ1) is 22.1.